The second-order valence-corrected chi connectivity index (χ2v) is 6.35. The minimum absolute atomic E-state index is 0.543. The number of nitrogens with one attached hydrogen (secondary N) is 1. The van der Waals surface area contributed by atoms with Gasteiger partial charge in [-0.15, -0.1) is 5.10 Å². The largest absolute Gasteiger partial charge is 0.239 e. The second kappa shape index (κ2) is 6.31. The SMILES string of the molecule is Cc1cnn(-c2ccc(Cl)cc2Cl)c1-c1ccc(-c2nnn[nH]2)cc1. The quantitative estimate of drug-likeness (QED) is 0.582. The standard InChI is InChI=1S/C17H12Cl2N6/c1-10-9-20-25(15-7-6-13(18)8-14(15)19)16(10)11-2-4-12(5-3-11)17-21-23-24-22-17/h2-9H,1H3,(H,21,22,23,24). The summed E-state index contributed by atoms with van der Waals surface area (Å²) < 4.78 is 1.82. The summed E-state index contributed by atoms with van der Waals surface area (Å²) >= 11 is 12.4. The molecule has 0 saturated carbocycles. The van der Waals surface area contributed by atoms with Crippen molar-refractivity contribution in [2.45, 2.75) is 6.92 Å². The lowest BCUT2D eigenvalue weighted by Gasteiger charge is -2.11. The van der Waals surface area contributed by atoms with E-state index in [0.29, 0.717) is 15.9 Å². The van der Waals surface area contributed by atoms with Crippen LogP contribution in [0.4, 0.5) is 0 Å². The van der Waals surface area contributed by atoms with Crippen LogP contribution >= 0.6 is 23.2 Å². The van der Waals surface area contributed by atoms with E-state index >= 15 is 0 Å². The van der Waals surface area contributed by atoms with E-state index in [0.717, 1.165) is 28.1 Å². The molecule has 0 aliphatic heterocycles. The van der Waals surface area contributed by atoms with E-state index in [9.17, 15) is 0 Å². The van der Waals surface area contributed by atoms with Gasteiger partial charge in [-0.1, -0.05) is 47.5 Å². The van der Waals surface area contributed by atoms with Crippen LogP contribution in [0.25, 0.3) is 28.3 Å². The van der Waals surface area contributed by atoms with Crippen molar-refractivity contribution < 1.29 is 0 Å². The fourth-order valence-electron chi connectivity index (χ4n) is 2.68. The van der Waals surface area contributed by atoms with Gasteiger partial charge in [0.15, 0.2) is 5.82 Å². The first-order valence-electron chi connectivity index (χ1n) is 7.48. The molecule has 0 atom stereocenters. The van der Waals surface area contributed by atoms with Crippen LogP contribution in [0.3, 0.4) is 0 Å². The molecule has 0 unspecified atom stereocenters. The Morgan fingerprint density at radius 3 is 2.44 bits per heavy atom. The predicted octanol–water partition coefficient (Wildman–Crippen LogP) is 4.33. The first kappa shape index (κ1) is 15.8. The molecule has 25 heavy (non-hydrogen) atoms. The molecule has 124 valence electrons. The highest BCUT2D eigenvalue weighted by molar-refractivity contribution is 6.35. The Balaban J connectivity index is 1.80. The number of benzene rings is 2. The average Bonchev–Trinajstić information content (AvgIpc) is 3.25. The molecule has 1 N–H and O–H groups in total. The van der Waals surface area contributed by atoms with Crippen LogP contribution in [0.15, 0.2) is 48.7 Å². The van der Waals surface area contributed by atoms with E-state index in [4.69, 9.17) is 23.2 Å². The third-order valence-electron chi connectivity index (χ3n) is 3.87. The number of halogens is 2. The van der Waals surface area contributed by atoms with E-state index in [1.807, 2.05) is 48.1 Å². The predicted molar refractivity (Wildman–Crippen MR) is 96.9 cm³/mol. The summed E-state index contributed by atoms with van der Waals surface area (Å²) in [4.78, 5) is 0. The number of aromatic amines is 1. The van der Waals surface area contributed by atoms with Crippen LogP contribution in [0.1, 0.15) is 5.56 Å². The molecule has 0 aliphatic carbocycles. The Hall–Kier alpha value is -2.70. The Labute approximate surface area is 153 Å². The Kier molecular flexibility index (Phi) is 3.99. The molecule has 2 heterocycles. The van der Waals surface area contributed by atoms with Gasteiger partial charge in [0.05, 0.1) is 22.6 Å². The maximum atomic E-state index is 6.35. The fourth-order valence-corrected chi connectivity index (χ4v) is 3.17. The highest BCUT2D eigenvalue weighted by atomic mass is 35.5. The van der Waals surface area contributed by atoms with Crippen molar-refractivity contribution in [1.82, 2.24) is 30.4 Å². The Morgan fingerprint density at radius 2 is 1.76 bits per heavy atom. The molecule has 0 saturated heterocycles. The van der Waals surface area contributed by atoms with E-state index in [2.05, 4.69) is 25.7 Å². The summed E-state index contributed by atoms with van der Waals surface area (Å²) in [6.07, 6.45) is 1.81. The Morgan fingerprint density at radius 1 is 1.00 bits per heavy atom. The van der Waals surface area contributed by atoms with Gasteiger partial charge < -0.3 is 0 Å². The number of tetrazole rings is 1. The van der Waals surface area contributed by atoms with Gasteiger partial charge in [-0.2, -0.15) is 5.10 Å². The number of H-pyrrole nitrogens is 1. The van der Waals surface area contributed by atoms with Crippen LogP contribution < -0.4 is 0 Å². The number of aromatic nitrogens is 6. The van der Waals surface area contributed by atoms with Crippen LogP contribution in [0, 0.1) is 6.92 Å². The molecule has 0 fully saturated rings. The molecule has 4 aromatic rings. The van der Waals surface area contributed by atoms with Crippen molar-refractivity contribution in [3.8, 4) is 28.3 Å². The first-order valence-corrected chi connectivity index (χ1v) is 8.23. The lowest BCUT2D eigenvalue weighted by molar-refractivity contribution is 0.881. The summed E-state index contributed by atoms with van der Waals surface area (Å²) in [5.41, 5.74) is 4.70. The molecular weight excluding hydrogens is 359 g/mol. The van der Waals surface area contributed by atoms with Gasteiger partial charge in [0.25, 0.3) is 0 Å². The van der Waals surface area contributed by atoms with Crippen LogP contribution in [0.5, 0.6) is 0 Å². The monoisotopic (exact) mass is 370 g/mol. The minimum Gasteiger partial charge on any atom is -0.239 e. The summed E-state index contributed by atoms with van der Waals surface area (Å²) in [7, 11) is 0. The summed E-state index contributed by atoms with van der Waals surface area (Å²) in [5, 5.41) is 19.5. The summed E-state index contributed by atoms with van der Waals surface area (Å²) in [6.45, 7) is 2.01. The number of nitrogens with zero attached hydrogens (tertiary/aromatic N) is 5. The Bertz CT molecular complexity index is 1020. The number of hydrogen-bond donors (Lipinski definition) is 1. The van der Waals surface area contributed by atoms with E-state index in [1.54, 1.807) is 12.1 Å². The number of rotatable bonds is 3. The maximum absolute atomic E-state index is 6.35. The third-order valence-corrected chi connectivity index (χ3v) is 4.41. The van der Waals surface area contributed by atoms with Gasteiger partial charge in [-0.3, -0.25) is 0 Å². The molecule has 0 bridgehead atoms. The van der Waals surface area contributed by atoms with Crippen LogP contribution in [-0.2, 0) is 0 Å². The van der Waals surface area contributed by atoms with Crippen molar-refractivity contribution >= 4 is 23.2 Å². The van der Waals surface area contributed by atoms with Crippen molar-refractivity contribution in [1.29, 1.82) is 0 Å². The highest BCUT2D eigenvalue weighted by Gasteiger charge is 2.14. The summed E-state index contributed by atoms with van der Waals surface area (Å²) in [6, 6.07) is 13.3. The van der Waals surface area contributed by atoms with Crippen molar-refractivity contribution in [2.24, 2.45) is 0 Å². The molecule has 0 radical (unpaired) electrons. The van der Waals surface area contributed by atoms with Crippen molar-refractivity contribution in [2.75, 3.05) is 0 Å². The minimum atomic E-state index is 0.543. The number of aryl methyl sites for hydroxylation is 1. The molecule has 6 nitrogen and oxygen atoms in total. The average molecular weight is 371 g/mol. The zero-order valence-electron chi connectivity index (χ0n) is 13.1. The number of hydrogen-bond acceptors (Lipinski definition) is 4. The van der Waals surface area contributed by atoms with Gasteiger partial charge in [0, 0.05) is 16.1 Å². The molecule has 2 aromatic heterocycles. The van der Waals surface area contributed by atoms with Crippen LogP contribution in [-0.4, -0.2) is 30.4 Å². The molecule has 4 rings (SSSR count). The first-order chi connectivity index (χ1) is 12.1. The smallest absolute Gasteiger partial charge is 0.179 e. The zero-order chi connectivity index (χ0) is 17.4. The molecule has 2 aromatic carbocycles. The van der Waals surface area contributed by atoms with Gasteiger partial charge in [0.2, 0.25) is 0 Å². The summed E-state index contributed by atoms with van der Waals surface area (Å²) in [5.74, 6) is 0.623. The topological polar surface area (TPSA) is 72.3 Å². The molecule has 0 spiro atoms. The van der Waals surface area contributed by atoms with Crippen molar-refractivity contribution in [3.63, 3.8) is 0 Å². The highest BCUT2D eigenvalue weighted by Crippen LogP contribution is 2.31. The second-order valence-electron chi connectivity index (χ2n) is 5.51. The lowest BCUT2D eigenvalue weighted by Crippen LogP contribution is -2.00. The molecule has 8 heteroatoms. The normalized spacial score (nSPS) is 11.0. The van der Waals surface area contributed by atoms with E-state index in [-0.39, 0.29) is 0 Å². The van der Waals surface area contributed by atoms with E-state index in [1.165, 1.54) is 0 Å². The maximum Gasteiger partial charge on any atom is 0.179 e. The molecule has 0 aliphatic rings. The van der Waals surface area contributed by atoms with Crippen LogP contribution in [0.2, 0.25) is 10.0 Å². The fraction of sp³-hybridized carbons (Fsp3) is 0.0588. The molecule has 0 amide bonds. The lowest BCUT2D eigenvalue weighted by atomic mass is 10.1. The van der Waals surface area contributed by atoms with Gasteiger partial charge in [-0.05, 0) is 41.1 Å². The van der Waals surface area contributed by atoms with Gasteiger partial charge in [-0.25, -0.2) is 9.78 Å². The van der Waals surface area contributed by atoms with Crippen molar-refractivity contribution in [3.05, 3.63) is 64.3 Å². The van der Waals surface area contributed by atoms with Gasteiger partial charge in [0.1, 0.15) is 0 Å². The third kappa shape index (κ3) is 2.90. The molecular formula is C17H12Cl2N6. The zero-order valence-corrected chi connectivity index (χ0v) is 14.6. The van der Waals surface area contributed by atoms with E-state index < -0.39 is 0 Å². The van der Waals surface area contributed by atoms with Gasteiger partial charge >= 0.3 is 0 Å².